The van der Waals surface area contributed by atoms with E-state index in [1.165, 1.54) is 10.5 Å². The molecule has 0 fully saturated rings. The van der Waals surface area contributed by atoms with Crippen molar-refractivity contribution in [3.05, 3.63) is 46.3 Å². The lowest BCUT2D eigenvalue weighted by Gasteiger charge is -2.02. The highest BCUT2D eigenvalue weighted by molar-refractivity contribution is 9.10. The van der Waals surface area contributed by atoms with Gasteiger partial charge in [-0.3, -0.25) is 0 Å². The molecule has 82 valence electrons. The van der Waals surface area contributed by atoms with Gasteiger partial charge >= 0.3 is 0 Å². The van der Waals surface area contributed by atoms with Gasteiger partial charge in [-0.1, -0.05) is 29.5 Å². The second-order valence-electron chi connectivity index (χ2n) is 3.49. The van der Waals surface area contributed by atoms with E-state index in [9.17, 15) is 0 Å². The van der Waals surface area contributed by atoms with Crippen LogP contribution in [0.25, 0.3) is 0 Å². The summed E-state index contributed by atoms with van der Waals surface area (Å²) in [6.07, 6.45) is 0. The predicted octanol–water partition coefficient (Wildman–Crippen LogP) is 4.01. The van der Waals surface area contributed by atoms with Crippen LogP contribution in [0.2, 0.25) is 0 Å². The van der Waals surface area contributed by atoms with Crippen LogP contribution >= 0.6 is 27.7 Å². The third-order valence-corrected chi connectivity index (χ3v) is 3.36. The van der Waals surface area contributed by atoms with Crippen LogP contribution in [0.1, 0.15) is 11.4 Å². The molecule has 2 aromatic rings. The maximum Gasteiger partial charge on any atom is 0.127 e. The van der Waals surface area contributed by atoms with E-state index in [-0.39, 0.29) is 0 Å². The zero-order valence-electron chi connectivity index (χ0n) is 9.07. The van der Waals surface area contributed by atoms with E-state index in [1.807, 2.05) is 13.0 Å². The first-order valence-corrected chi connectivity index (χ1v) is 6.50. The fraction of sp³-hybridized carbons (Fsp3) is 0.167. The van der Waals surface area contributed by atoms with Gasteiger partial charge in [-0.2, -0.15) is 0 Å². The molecule has 0 aliphatic heterocycles. The number of hydrogen-bond donors (Lipinski definition) is 0. The molecule has 0 amide bonds. The number of aryl methyl sites for hydroxylation is 2. The van der Waals surface area contributed by atoms with Crippen LogP contribution in [0.15, 0.2) is 44.9 Å². The second-order valence-corrected chi connectivity index (χ2v) is 5.40. The second kappa shape index (κ2) is 4.97. The molecule has 0 spiro atoms. The first-order chi connectivity index (χ1) is 7.63. The minimum atomic E-state index is 0.781. The van der Waals surface area contributed by atoms with E-state index in [2.05, 4.69) is 57.1 Å². The standard InChI is InChI=1S/C12H11BrN2S/c1-8-3-5-10(6-4-8)16-12-7-11(13)14-9(2)15-12/h3-7H,1-2H3. The molecule has 16 heavy (non-hydrogen) atoms. The molecular weight excluding hydrogens is 284 g/mol. The van der Waals surface area contributed by atoms with Gasteiger partial charge in [0.1, 0.15) is 15.5 Å². The quantitative estimate of drug-likeness (QED) is 0.783. The van der Waals surface area contributed by atoms with Crippen molar-refractivity contribution in [1.29, 1.82) is 0 Å². The van der Waals surface area contributed by atoms with Crippen molar-refractivity contribution in [3.8, 4) is 0 Å². The smallest absolute Gasteiger partial charge is 0.127 e. The fourth-order valence-corrected chi connectivity index (χ4v) is 2.77. The molecule has 1 heterocycles. The number of nitrogens with zero attached hydrogens (tertiary/aromatic N) is 2. The summed E-state index contributed by atoms with van der Waals surface area (Å²) in [4.78, 5) is 9.75. The van der Waals surface area contributed by atoms with Gasteiger partial charge in [0.15, 0.2) is 0 Å². The van der Waals surface area contributed by atoms with Gasteiger partial charge in [0, 0.05) is 11.0 Å². The van der Waals surface area contributed by atoms with Gasteiger partial charge in [0.2, 0.25) is 0 Å². The molecule has 0 N–H and O–H groups in total. The molecule has 0 saturated heterocycles. The molecule has 1 aromatic heterocycles. The Balaban J connectivity index is 2.23. The molecule has 0 aliphatic rings. The van der Waals surface area contributed by atoms with Crippen molar-refractivity contribution in [2.24, 2.45) is 0 Å². The lowest BCUT2D eigenvalue weighted by molar-refractivity contribution is 0.951. The highest BCUT2D eigenvalue weighted by atomic mass is 79.9. The number of hydrogen-bond acceptors (Lipinski definition) is 3. The first-order valence-electron chi connectivity index (χ1n) is 4.89. The van der Waals surface area contributed by atoms with E-state index in [0.29, 0.717) is 0 Å². The molecule has 0 bridgehead atoms. The summed E-state index contributed by atoms with van der Waals surface area (Å²) in [5.74, 6) is 0.781. The zero-order chi connectivity index (χ0) is 11.5. The van der Waals surface area contributed by atoms with Gasteiger partial charge < -0.3 is 0 Å². The molecule has 4 heteroatoms. The van der Waals surface area contributed by atoms with Gasteiger partial charge in [0.05, 0.1) is 0 Å². The van der Waals surface area contributed by atoms with E-state index >= 15 is 0 Å². The molecule has 0 unspecified atom stereocenters. The number of benzene rings is 1. The average Bonchev–Trinajstić information content (AvgIpc) is 2.20. The monoisotopic (exact) mass is 294 g/mol. The van der Waals surface area contributed by atoms with E-state index < -0.39 is 0 Å². The molecule has 0 aliphatic carbocycles. The van der Waals surface area contributed by atoms with Gasteiger partial charge in [-0.15, -0.1) is 0 Å². The summed E-state index contributed by atoms with van der Waals surface area (Å²) in [5.41, 5.74) is 1.27. The molecule has 2 rings (SSSR count). The van der Waals surface area contributed by atoms with Crippen LogP contribution in [-0.4, -0.2) is 9.97 Å². The van der Waals surface area contributed by atoms with Crippen molar-refractivity contribution < 1.29 is 0 Å². The van der Waals surface area contributed by atoms with Crippen LogP contribution in [0.3, 0.4) is 0 Å². The van der Waals surface area contributed by atoms with Crippen molar-refractivity contribution in [2.45, 2.75) is 23.8 Å². The Labute approximate surface area is 108 Å². The van der Waals surface area contributed by atoms with Gasteiger partial charge in [-0.25, -0.2) is 9.97 Å². The maximum absolute atomic E-state index is 4.37. The van der Waals surface area contributed by atoms with Crippen LogP contribution in [0.5, 0.6) is 0 Å². The van der Waals surface area contributed by atoms with Crippen molar-refractivity contribution in [3.63, 3.8) is 0 Å². The van der Waals surface area contributed by atoms with Crippen molar-refractivity contribution in [2.75, 3.05) is 0 Å². The minimum Gasteiger partial charge on any atom is -0.226 e. The minimum absolute atomic E-state index is 0.781. The molecule has 0 saturated carbocycles. The number of rotatable bonds is 2. The van der Waals surface area contributed by atoms with Crippen LogP contribution in [0.4, 0.5) is 0 Å². The Morgan fingerprint density at radius 3 is 2.38 bits per heavy atom. The van der Waals surface area contributed by atoms with Gasteiger partial charge in [-0.05, 0) is 41.9 Å². The Hall–Kier alpha value is -0.870. The molecule has 0 radical (unpaired) electrons. The highest BCUT2D eigenvalue weighted by Crippen LogP contribution is 2.27. The van der Waals surface area contributed by atoms with Crippen LogP contribution in [0, 0.1) is 13.8 Å². The largest absolute Gasteiger partial charge is 0.226 e. The first kappa shape index (κ1) is 11.6. The lowest BCUT2D eigenvalue weighted by atomic mass is 10.2. The molecular formula is C12H11BrN2S. The summed E-state index contributed by atoms with van der Waals surface area (Å²) >= 11 is 5.02. The van der Waals surface area contributed by atoms with Crippen molar-refractivity contribution >= 4 is 27.7 Å². The Kier molecular flexibility index (Phi) is 3.61. The maximum atomic E-state index is 4.37. The topological polar surface area (TPSA) is 25.8 Å². The average molecular weight is 295 g/mol. The normalized spacial score (nSPS) is 10.4. The van der Waals surface area contributed by atoms with Crippen LogP contribution < -0.4 is 0 Å². The fourth-order valence-electron chi connectivity index (χ4n) is 1.28. The summed E-state index contributed by atoms with van der Waals surface area (Å²) in [5, 5.41) is 0.961. The summed E-state index contributed by atoms with van der Waals surface area (Å²) in [6.45, 7) is 3.98. The molecule has 0 atom stereocenters. The Morgan fingerprint density at radius 2 is 1.75 bits per heavy atom. The summed E-state index contributed by atoms with van der Waals surface area (Å²) < 4.78 is 0.828. The summed E-state index contributed by atoms with van der Waals surface area (Å²) in [6, 6.07) is 10.3. The molecule has 1 aromatic carbocycles. The van der Waals surface area contributed by atoms with Crippen LogP contribution in [-0.2, 0) is 0 Å². The highest BCUT2D eigenvalue weighted by Gasteiger charge is 2.02. The van der Waals surface area contributed by atoms with E-state index in [1.54, 1.807) is 11.8 Å². The third kappa shape index (κ3) is 3.06. The number of halogens is 1. The predicted molar refractivity (Wildman–Crippen MR) is 69.8 cm³/mol. The van der Waals surface area contributed by atoms with E-state index in [0.717, 1.165) is 15.5 Å². The zero-order valence-corrected chi connectivity index (χ0v) is 11.5. The summed E-state index contributed by atoms with van der Waals surface area (Å²) in [7, 11) is 0. The Morgan fingerprint density at radius 1 is 1.06 bits per heavy atom. The third-order valence-electron chi connectivity index (χ3n) is 2.03. The van der Waals surface area contributed by atoms with Gasteiger partial charge in [0.25, 0.3) is 0 Å². The lowest BCUT2D eigenvalue weighted by Crippen LogP contribution is -1.89. The molecule has 2 nitrogen and oxygen atoms in total. The van der Waals surface area contributed by atoms with Crippen molar-refractivity contribution in [1.82, 2.24) is 9.97 Å². The van der Waals surface area contributed by atoms with E-state index in [4.69, 9.17) is 0 Å². The Bertz CT molecular complexity index is 477. The number of aromatic nitrogens is 2. The SMILES string of the molecule is Cc1ccc(Sc2cc(Br)nc(C)n2)cc1.